The molecule has 0 radical (unpaired) electrons. The number of carbonyl (C=O) groups is 1. The van der Waals surface area contributed by atoms with Crippen LogP contribution in [0.25, 0.3) is 5.65 Å². The standard InChI is InChI=1S/C23H33N5O2/c1-2-22(29)26-11-8-16(9-12-26)20-14-21-24-19-10-13-27(17-6-4-3-5-7-17)15-18(19)23(30)28(21)25-20/h14,16-17,25H,2-13,15H2,1H3. The Morgan fingerprint density at radius 3 is 2.63 bits per heavy atom. The first-order valence-electron chi connectivity index (χ1n) is 11.8. The summed E-state index contributed by atoms with van der Waals surface area (Å²) < 4.78 is 1.65. The van der Waals surface area contributed by atoms with Crippen molar-refractivity contribution in [2.24, 2.45) is 0 Å². The molecule has 30 heavy (non-hydrogen) atoms. The van der Waals surface area contributed by atoms with Gasteiger partial charge in [-0.15, -0.1) is 0 Å². The number of piperidine rings is 1. The van der Waals surface area contributed by atoms with Gasteiger partial charge in [-0.25, -0.2) is 9.50 Å². The highest BCUT2D eigenvalue weighted by Gasteiger charge is 2.29. The SMILES string of the molecule is CCC(=O)N1CCC(c2cc3nc4c(c(=O)n3[nH]2)CN(C2CCCCC2)CC4)CC1. The van der Waals surface area contributed by atoms with Gasteiger partial charge in [0.15, 0.2) is 5.65 Å². The van der Waals surface area contributed by atoms with Crippen LogP contribution in [-0.4, -0.2) is 56.0 Å². The van der Waals surface area contributed by atoms with Gasteiger partial charge in [-0.05, 0) is 25.7 Å². The van der Waals surface area contributed by atoms with Gasteiger partial charge in [0, 0.05) is 62.7 Å². The Balaban J connectivity index is 1.37. The minimum Gasteiger partial charge on any atom is -0.343 e. The minimum absolute atomic E-state index is 0.0698. The molecule has 2 aromatic heterocycles. The molecule has 0 aromatic carbocycles. The molecule has 5 rings (SSSR count). The normalized spacial score (nSPS) is 21.8. The molecule has 7 nitrogen and oxygen atoms in total. The zero-order chi connectivity index (χ0) is 20.7. The van der Waals surface area contributed by atoms with Crippen LogP contribution in [0.15, 0.2) is 10.9 Å². The molecule has 1 N–H and O–H groups in total. The number of rotatable bonds is 3. The predicted octanol–water partition coefficient (Wildman–Crippen LogP) is 2.83. The first-order chi connectivity index (χ1) is 14.6. The number of aromatic amines is 1. The summed E-state index contributed by atoms with van der Waals surface area (Å²) in [5.41, 5.74) is 3.75. The minimum atomic E-state index is 0.0698. The molecule has 0 atom stereocenters. The molecule has 2 aliphatic heterocycles. The second-order valence-corrected chi connectivity index (χ2v) is 9.27. The van der Waals surface area contributed by atoms with Crippen molar-refractivity contribution in [3.05, 3.63) is 33.4 Å². The number of nitrogens with one attached hydrogen (secondary N) is 1. The van der Waals surface area contributed by atoms with E-state index in [1.165, 1.54) is 32.1 Å². The van der Waals surface area contributed by atoms with Crippen molar-refractivity contribution in [3.63, 3.8) is 0 Å². The molecule has 4 heterocycles. The number of likely N-dealkylation sites (tertiary alicyclic amines) is 1. The quantitative estimate of drug-likeness (QED) is 0.843. The number of aromatic nitrogens is 3. The highest BCUT2D eigenvalue weighted by molar-refractivity contribution is 5.75. The van der Waals surface area contributed by atoms with Crippen molar-refractivity contribution in [2.45, 2.75) is 83.2 Å². The molecule has 0 spiro atoms. The molecule has 1 saturated carbocycles. The van der Waals surface area contributed by atoms with E-state index < -0.39 is 0 Å². The van der Waals surface area contributed by atoms with Gasteiger partial charge in [-0.3, -0.25) is 19.6 Å². The number of H-pyrrole nitrogens is 1. The summed E-state index contributed by atoms with van der Waals surface area (Å²) in [4.78, 5) is 34.6. The fourth-order valence-corrected chi connectivity index (χ4v) is 5.65. The number of amides is 1. The smallest absolute Gasteiger partial charge is 0.277 e. The maximum Gasteiger partial charge on any atom is 0.277 e. The average Bonchev–Trinajstić information content (AvgIpc) is 3.23. The number of hydrogen-bond donors (Lipinski definition) is 1. The molecule has 2 fully saturated rings. The first-order valence-corrected chi connectivity index (χ1v) is 11.8. The lowest BCUT2D eigenvalue weighted by Gasteiger charge is -2.36. The summed E-state index contributed by atoms with van der Waals surface area (Å²) in [6.45, 7) is 5.26. The third kappa shape index (κ3) is 3.57. The van der Waals surface area contributed by atoms with Gasteiger partial charge >= 0.3 is 0 Å². The molecule has 2 aromatic rings. The van der Waals surface area contributed by atoms with Crippen LogP contribution in [0.3, 0.4) is 0 Å². The third-order valence-corrected chi connectivity index (χ3v) is 7.49. The summed E-state index contributed by atoms with van der Waals surface area (Å²) in [6, 6.07) is 2.68. The maximum absolute atomic E-state index is 13.3. The molecule has 162 valence electrons. The first kappa shape index (κ1) is 19.8. The molecule has 3 aliphatic rings. The maximum atomic E-state index is 13.3. The van der Waals surface area contributed by atoms with Crippen LogP contribution in [0.4, 0.5) is 0 Å². The lowest BCUT2D eigenvalue weighted by atomic mass is 9.92. The molecule has 1 aliphatic carbocycles. The van der Waals surface area contributed by atoms with E-state index in [1.807, 2.05) is 11.8 Å². The Morgan fingerprint density at radius 1 is 1.13 bits per heavy atom. The summed E-state index contributed by atoms with van der Waals surface area (Å²) in [7, 11) is 0. The molecule has 0 unspecified atom stereocenters. The lowest BCUT2D eigenvalue weighted by molar-refractivity contribution is -0.131. The monoisotopic (exact) mass is 411 g/mol. The topological polar surface area (TPSA) is 73.7 Å². The molecule has 1 amide bonds. The Bertz CT molecular complexity index is 979. The van der Waals surface area contributed by atoms with E-state index in [0.29, 0.717) is 18.4 Å². The van der Waals surface area contributed by atoms with Crippen molar-refractivity contribution in [1.82, 2.24) is 24.4 Å². The van der Waals surface area contributed by atoms with E-state index in [0.717, 1.165) is 68.0 Å². The van der Waals surface area contributed by atoms with Crippen LogP contribution in [0.5, 0.6) is 0 Å². The van der Waals surface area contributed by atoms with Gasteiger partial charge < -0.3 is 4.90 Å². The zero-order valence-corrected chi connectivity index (χ0v) is 18.0. The second kappa shape index (κ2) is 8.17. The van der Waals surface area contributed by atoms with Gasteiger partial charge in [0.05, 0.1) is 11.3 Å². The largest absolute Gasteiger partial charge is 0.343 e. The lowest BCUT2D eigenvalue weighted by Crippen LogP contribution is -2.43. The van der Waals surface area contributed by atoms with E-state index in [9.17, 15) is 9.59 Å². The van der Waals surface area contributed by atoms with Crippen molar-refractivity contribution in [3.8, 4) is 0 Å². The van der Waals surface area contributed by atoms with Gasteiger partial charge in [0.25, 0.3) is 5.56 Å². The summed E-state index contributed by atoms with van der Waals surface area (Å²) in [5.74, 6) is 0.584. The Kier molecular flexibility index (Phi) is 5.39. The van der Waals surface area contributed by atoms with Crippen molar-refractivity contribution >= 4 is 11.6 Å². The fourth-order valence-electron chi connectivity index (χ4n) is 5.65. The Labute approximate surface area is 177 Å². The molecular formula is C23H33N5O2. The van der Waals surface area contributed by atoms with E-state index in [1.54, 1.807) is 4.52 Å². The van der Waals surface area contributed by atoms with E-state index in [2.05, 4.69) is 16.1 Å². The number of carbonyl (C=O) groups excluding carboxylic acids is 1. The summed E-state index contributed by atoms with van der Waals surface area (Å²) in [5, 5.41) is 3.36. The molecule has 7 heteroatoms. The van der Waals surface area contributed by atoms with Crippen molar-refractivity contribution < 1.29 is 4.79 Å². The van der Waals surface area contributed by atoms with Crippen LogP contribution >= 0.6 is 0 Å². The van der Waals surface area contributed by atoms with Crippen LogP contribution in [-0.2, 0) is 17.8 Å². The number of hydrogen-bond acceptors (Lipinski definition) is 4. The summed E-state index contributed by atoms with van der Waals surface area (Å²) >= 11 is 0. The fraction of sp³-hybridized carbons (Fsp3) is 0.696. The van der Waals surface area contributed by atoms with E-state index in [4.69, 9.17) is 4.98 Å². The highest BCUT2D eigenvalue weighted by atomic mass is 16.2. The third-order valence-electron chi connectivity index (χ3n) is 7.49. The Morgan fingerprint density at radius 2 is 1.90 bits per heavy atom. The number of fused-ring (bicyclic) bond motifs is 2. The van der Waals surface area contributed by atoms with E-state index >= 15 is 0 Å². The van der Waals surface area contributed by atoms with E-state index in [-0.39, 0.29) is 11.5 Å². The van der Waals surface area contributed by atoms with Crippen molar-refractivity contribution in [1.29, 1.82) is 0 Å². The number of nitrogens with zero attached hydrogens (tertiary/aromatic N) is 4. The van der Waals surface area contributed by atoms with Crippen LogP contribution < -0.4 is 5.56 Å². The molecule has 0 bridgehead atoms. The Hall–Kier alpha value is -2.15. The van der Waals surface area contributed by atoms with Gasteiger partial charge in [-0.1, -0.05) is 26.2 Å². The van der Waals surface area contributed by atoms with Gasteiger partial charge in [0.1, 0.15) is 0 Å². The van der Waals surface area contributed by atoms with Crippen molar-refractivity contribution in [2.75, 3.05) is 19.6 Å². The van der Waals surface area contributed by atoms with Crippen LogP contribution in [0.1, 0.15) is 81.2 Å². The van der Waals surface area contributed by atoms with Crippen LogP contribution in [0, 0.1) is 0 Å². The zero-order valence-electron chi connectivity index (χ0n) is 18.0. The molecular weight excluding hydrogens is 378 g/mol. The average molecular weight is 412 g/mol. The van der Waals surface area contributed by atoms with Gasteiger partial charge in [0.2, 0.25) is 5.91 Å². The molecule has 1 saturated heterocycles. The summed E-state index contributed by atoms with van der Waals surface area (Å²) in [6.07, 6.45) is 9.80. The van der Waals surface area contributed by atoms with Crippen LogP contribution in [0.2, 0.25) is 0 Å². The predicted molar refractivity (Wildman–Crippen MR) is 116 cm³/mol. The van der Waals surface area contributed by atoms with Gasteiger partial charge in [-0.2, -0.15) is 0 Å². The second-order valence-electron chi connectivity index (χ2n) is 9.27. The highest BCUT2D eigenvalue weighted by Crippen LogP contribution is 2.29.